The minimum Gasteiger partial charge on any atom is -0.354 e. The molecule has 0 unspecified atom stereocenters. The second kappa shape index (κ2) is 18.3. The van der Waals surface area contributed by atoms with E-state index in [0.29, 0.717) is 36.2 Å². The van der Waals surface area contributed by atoms with Crippen LogP contribution in [-0.2, 0) is 0 Å². The molecular formula is C59H46N6O3. The summed E-state index contributed by atoms with van der Waals surface area (Å²) in [4.78, 5) is 58.6. The highest BCUT2D eigenvalue weighted by molar-refractivity contribution is 6.21. The van der Waals surface area contributed by atoms with E-state index in [1.54, 1.807) is 24.3 Å². The van der Waals surface area contributed by atoms with Crippen molar-refractivity contribution in [3.05, 3.63) is 203 Å². The molecule has 0 fully saturated rings. The number of aromatic amines is 2. The Bertz CT molecular complexity index is 3410. The topological polar surface area (TPSA) is 124 Å². The lowest BCUT2D eigenvalue weighted by Crippen LogP contribution is -2.30. The number of fused-ring (bicyclic) bond motifs is 9. The first-order valence-electron chi connectivity index (χ1n) is 23.1. The number of hydrogen-bond acceptors (Lipinski definition) is 5. The third kappa shape index (κ3) is 8.04. The van der Waals surface area contributed by atoms with Crippen LogP contribution in [0.3, 0.4) is 0 Å². The first-order valence-corrected chi connectivity index (χ1v) is 23.1. The van der Waals surface area contributed by atoms with Gasteiger partial charge in [-0.05, 0) is 108 Å². The molecule has 9 heteroatoms. The smallest absolute Gasteiger partial charge is 0.261 e. The Kier molecular flexibility index (Phi) is 11.3. The van der Waals surface area contributed by atoms with E-state index in [2.05, 4.69) is 112 Å². The van der Waals surface area contributed by atoms with Gasteiger partial charge in [0.15, 0.2) is 0 Å². The molecule has 68 heavy (non-hydrogen) atoms. The number of nitrogens with zero attached hydrogens (tertiary/aromatic N) is 3. The van der Waals surface area contributed by atoms with Crippen LogP contribution in [0.4, 0.5) is 0 Å². The van der Waals surface area contributed by atoms with E-state index in [4.69, 9.17) is 9.97 Å². The van der Waals surface area contributed by atoms with Crippen LogP contribution in [-0.4, -0.2) is 55.6 Å². The van der Waals surface area contributed by atoms with Gasteiger partial charge in [0, 0.05) is 63.0 Å². The molecule has 330 valence electrons. The van der Waals surface area contributed by atoms with Crippen LogP contribution in [0.15, 0.2) is 164 Å². The van der Waals surface area contributed by atoms with Crippen molar-refractivity contribution in [1.29, 1.82) is 0 Å². The maximum absolute atomic E-state index is 13.5. The lowest BCUT2D eigenvalue weighted by molar-refractivity contribution is 0.0650. The summed E-state index contributed by atoms with van der Waals surface area (Å²) in [5, 5.41) is 3.08. The molecule has 0 radical (unpaired) electrons. The van der Waals surface area contributed by atoms with E-state index in [0.717, 1.165) is 109 Å². The summed E-state index contributed by atoms with van der Waals surface area (Å²) in [7, 11) is 0. The molecule has 11 rings (SSSR count). The Balaban J connectivity index is 0.942. The van der Waals surface area contributed by atoms with Gasteiger partial charge in [-0.15, -0.1) is 0 Å². The van der Waals surface area contributed by atoms with Gasteiger partial charge >= 0.3 is 0 Å². The van der Waals surface area contributed by atoms with Crippen LogP contribution in [0.5, 0.6) is 0 Å². The predicted octanol–water partition coefficient (Wildman–Crippen LogP) is 12.9. The fourth-order valence-electron chi connectivity index (χ4n) is 9.52. The molecule has 3 aromatic heterocycles. The Morgan fingerprint density at radius 1 is 0.426 bits per heavy atom. The number of hydrogen-bond donors (Lipinski definition) is 3. The van der Waals surface area contributed by atoms with Gasteiger partial charge in [0.2, 0.25) is 0 Å². The number of H-pyrrole nitrogens is 2. The summed E-state index contributed by atoms with van der Waals surface area (Å²) in [6, 6.07) is 54.3. The van der Waals surface area contributed by atoms with Crippen molar-refractivity contribution in [2.24, 2.45) is 0 Å². The molecule has 6 heterocycles. The fourth-order valence-corrected chi connectivity index (χ4v) is 9.52. The monoisotopic (exact) mass is 886 g/mol. The summed E-state index contributed by atoms with van der Waals surface area (Å²) in [6.45, 7) is 0.910. The SMILES string of the molecule is O=C(NCCCCCCN1C(=O)c2ccccc2C1=O)c1ccc(-c2c3nc(c(-c4ccccc4)c4ccc([nH]4)c(-c4ccccc4)c4nc(c(-c5ccccc5)c5ccc2[nH]5)C=C4)C=C3)cc1. The van der Waals surface area contributed by atoms with Crippen molar-refractivity contribution in [3.8, 4) is 44.5 Å². The fraction of sp³-hybridized carbons (Fsp3) is 0.102. The molecule has 0 spiro atoms. The van der Waals surface area contributed by atoms with Gasteiger partial charge in [-0.3, -0.25) is 19.3 Å². The van der Waals surface area contributed by atoms with Crippen molar-refractivity contribution in [2.75, 3.05) is 13.1 Å². The van der Waals surface area contributed by atoms with Crippen LogP contribution >= 0.6 is 0 Å². The van der Waals surface area contributed by atoms with Gasteiger partial charge in [0.1, 0.15) is 0 Å². The molecule has 3 aliphatic heterocycles. The number of benzene rings is 5. The molecule has 0 saturated carbocycles. The summed E-state index contributed by atoms with van der Waals surface area (Å²) in [5.74, 6) is -0.591. The summed E-state index contributed by atoms with van der Waals surface area (Å²) >= 11 is 0. The number of rotatable bonds is 12. The largest absolute Gasteiger partial charge is 0.354 e. The van der Waals surface area contributed by atoms with E-state index in [9.17, 15) is 14.4 Å². The normalized spacial score (nSPS) is 12.7. The maximum Gasteiger partial charge on any atom is 0.261 e. The molecule has 8 bridgehead atoms. The predicted molar refractivity (Wildman–Crippen MR) is 273 cm³/mol. The second-order valence-corrected chi connectivity index (χ2v) is 17.2. The van der Waals surface area contributed by atoms with Crippen molar-refractivity contribution in [2.45, 2.75) is 25.7 Å². The summed E-state index contributed by atoms with van der Waals surface area (Å²) < 4.78 is 0. The van der Waals surface area contributed by atoms with Gasteiger partial charge < -0.3 is 15.3 Å². The summed E-state index contributed by atoms with van der Waals surface area (Å²) in [5.41, 5.74) is 16.3. The van der Waals surface area contributed by atoms with E-state index in [-0.39, 0.29) is 17.7 Å². The molecule has 0 saturated heterocycles. The van der Waals surface area contributed by atoms with E-state index in [1.165, 1.54) is 4.90 Å². The van der Waals surface area contributed by atoms with Crippen molar-refractivity contribution >= 4 is 64.1 Å². The molecule has 3 amide bonds. The van der Waals surface area contributed by atoms with Crippen LogP contribution in [0.2, 0.25) is 0 Å². The number of amides is 3. The highest BCUT2D eigenvalue weighted by Gasteiger charge is 2.34. The van der Waals surface area contributed by atoms with Gasteiger partial charge in [0.05, 0.1) is 33.9 Å². The van der Waals surface area contributed by atoms with Crippen LogP contribution in [0.25, 0.3) is 90.9 Å². The van der Waals surface area contributed by atoms with Crippen molar-refractivity contribution < 1.29 is 14.4 Å². The molecule has 8 aromatic rings. The quantitative estimate of drug-likeness (QED) is 0.0832. The van der Waals surface area contributed by atoms with E-state index in [1.807, 2.05) is 66.7 Å². The zero-order valence-electron chi connectivity index (χ0n) is 37.2. The van der Waals surface area contributed by atoms with Gasteiger partial charge in [-0.2, -0.15) is 0 Å². The zero-order chi connectivity index (χ0) is 46.0. The molecule has 0 atom stereocenters. The Hall–Kier alpha value is -8.69. The summed E-state index contributed by atoms with van der Waals surface area (Å²) in [6.07, 6.45) is 11.6. The number of carbonyl (C=O) groups excluding carboxylic acids is 3. The average molecular weight is 887 g/mol. The lowest BCUT2D eigenvalue weighted by atomic mass is 10.0. The highest BCUT2D eigenvalue weighted by Crippen LogP contribution is 2.38. The third-order valence-electron chi connectivity index (χ3n) is 12.8. The third-order valence-corrected chi connectivity index (χ3v) is 12.8. The number of unbranched alkanes of at least 4 members (excludes halogenated alkanes) is 3. The Morgan fingerprint density at radius 3 is 1.21 bits per heavy atom. The van der Waals surface area contributed by atoms with Crippen LogP contribution in [0, 0.1) is 0 Å². The molecule has 5 aromatic carbocycles. The number of nitrogens with one attached hydrogen (secondary N) is 3. The standard InChI is InChI=1S/C59H46N6O3/c66-57(60-36-14-1-2-15-37-65-58(67)43-22-12-13-23-44(43)59(65)68)42-26-24-41(25-27-42)56-51-34-32-49(63-51)54(39-18-8-4-9-19-39)47-30-28-45(61-47)53(38-16-6-3-7-17-38)46-29-31-48(62-46)55(40-20-10-5-11-21-40)50-33-35-52(56)64-50/h3-13,16-35,61,64H,1-2,14-15,36-37H2,(H,60,66). The van der Waals surface area contributed by atoms with Crippen molar-refractivity contribution in [1.82, 2.24) is 30.2 Å². The molecule has 3 aliphatic rings. The van der Waals surface area contributed by atoms with Gasteiger partial charge in [-0.1, -0.05) is 128 Å². The Morgan fingerprint density at radius 2 is 0.794 bits per heavy atom. The molecule has 3 N–H and O–H groups in total. The zero-order valence-corrected chi connectivity index (χ0v) is 37.2. The first-order chi connectivity index (χ1) is 33.5. The van der Waals surface area contributed by atoms with E-state index >= 15 is 0 Å². The van der Waals surface area contributed by atoms with Crippen LogP contribution < -0.4 is 5.32 Å². The Labute approximate surface area is 393 Å². The molecule has 0 aliphatic carbocycles. The minimum absolute atomic E-state index is 0.148. The van der Waals surface area contributed by atoms with E-state index < -0.39 is 0 Å². The second-order valence-electron chi connectivity index (χ2n) is 17.2. The number of aromatic nitrogens is 4. The van der Waals surface area contributed by atoms with Crippen molar-refractivity contribution in [3.63, 3.8) is 0 Å². The average Bonchev–Trinajstić information content (AvgIpc) is 4.26. The van der Waals surface area contributed by atoms with Gasteiger partial charge in [-0.25, -0.2) is 9.97 Å². The highest BCUT2D eigenvalue weighted by atomic mass is 16.2. The molecular weight excluding hydrogens is 841 g/mol. The number of imide groups is 1. The minimum atomic E-state index is -0.221. The lowest BCUT2D eigenvalue weighted by Gasteiger charge is -2.13. The number of carbonyl (C=O) groups is 3. The molecule has 9 nitrogen and oxygen atoms in total. The van der Waals surface area contributed by atoms with Gasteiger partial charge in [0.25, 0.3) is 17.7 Å². The van der Waals surface area contributed by atoms with Crippen LogP contribution in [0.1, 0.15) is 79.5 Å². The first kappa shape index (κ1) is 42.0. The maximum atomic E-state index is 13.5.